The summed E-state index contributed by atoms with van der Waals surface area (Å²) < 4.78 is 0. The molecule has 0 aliphatic heterocycles. The molecule has 0 aliphatic carbocycles. The van der Waals surface area contributed by atoms with Gasteiger partial charge < -0.3 is 5.43 Å². The Balaban J connectivity index is 2.47. The molecule has 0 aromatic carbocycles. The zero-order chi connectivity index (χ0) is 10.7. The first-order valence-corrected chi connectivity index (χ1v) is 5.51. The predicted octanol–water partition coefficient (Wildman–Crippen LogP) is 1.45. The molecule has 0 saturated carbocycles. The summed E-state index contributed by atoms with van der Waals surface area (Å²) in [4.78, 5) is 12.8. The standard InChI is InChI=1S/C9H11N5S/c1-2-6-3-8(14-10)13-9(12-6)7-4-15-5-11-7/h3-5H,2,10H2,1H3,(H,12,13,14). The van der Waals surface area contributed by atoms with Gasteiger partial charge in [0.25, 0.3) is 0 Å². The smallest absolute Gasteiger partial charge is 0.181 e. The van der Waals surface area contributed by atoms with Crippen LogP contribution in [0.3, 0.4) is 0 Å². The molecule has 0 radical (unpaired) electrons. The van der Waals surface area contributed by atoms with Gasteiger partial charge in [0.05, 0.1) is 5.51 Å². The molecule has 2 heterocycles. The number of anilines is 1. The molecule has 0 aliphatic rings. The molecular formula is C9H11N5S. The van der Waals surface area contributed by atoms with E-state index in [2.05, 4.69) is 20.4 Å². The number of aromatic nitrogens is 3. The Labute approximate surface area is 91.4 Å². The lowest BCUT2D eigenvalue weighted by molar-refractivity contribution is 0.997. The van der Waals surface area contributed by atoms with Crippen LogP contribution in [0.5, 0.6) is 0 Å². The highest BCUT2D eigenvalue weighted by Crippen LogP contribution is 2.17. The molecule has 0 saturated heterocycles. The molecule has 0 atom stereocenters. The number of hydrazine groups is 1. The largest absolute Gasteiger partial charge is 0.308 e. The summed E-state index contributed by atoms with van der Waals surface area (Å²) in [5.74, 6) is 6.57. The van der Waals surface area contributed by atoms with Crippen LogP contribution in [0.15, 0.2) is 17.0 Å². The Hall–Kier alpha value is -1.53. The van der Waals surface area contributed by atoms with Crippen molar-refractivity contribution < 1.29 is 0 Å². The molecule has 2 rings (SSSR count). The molecule has 0 amide bonds. The van der Waals surface area contributed by atoms with Gasteiger partial charge in [-0.15, -0.1) is 11.3 Å². The molecule has 0 bridgehead atoms. The Morgan fingerprint density at radius 3 is 2.93 bits per heavy atom. The molecule has 3 N–H and O–H groups in total. The molecule has 15 heavy (non-hydrogen) atoms. The van der Waals surface area contributed by atoms with E-state index in [1.807, 2.05) is 18.4 Å². The third-order valence-electron chi connectivity index (χ3n) is 1.95. The zero-order valence-corrected chi connectivity index (χ0v) is 9.08. The summed E-state index contributed by atoms with van der Waals surface area (Å²) in [6.07, 6.45) is 0.842. The molecule has 0 spiro atoms. The number of thiazole rings is 1. The lowest BCUT2D eigenvalue weighted by Crippen LogP contribution is -2.10. The third kappa shape index (κ3) is 2.11. The van der Waals surface area contributed by atoms with Crippen LogP contribution in [0.2, 0.25) is 0 Å². The van der Waals surface area contributed by atoms with Crippen LogP contribution >= 0.6 is 11.3 Å². The summed E-state index contributed by atoms with van der Waals surface area (Å²) in [6, 6.07) is 1.83. The highest BCUT2D eigenvalue weighted by atomic mass is 32.1. The summed E-state index contributed by atoms with van der Waals surface area (Å²) in [5, 5.41) is 1.91. The summed E-state index contributed by atoms with van der Waals surface area (Å²) in [6.45, 7) is 2.04. The van der Waals surface area contributed by atoms with Gasteiger partial charge >= 0.3 is 0 Å². The topological polar surface area (TPSA) is 76.7 Å². The number of hydrogen-bond donors (Lipinski definition) is 2. The van der Waals surface area contributed by atoms with Crippen molar-refractivity contribution in [2.75, 3.05) is 5.43 Å². The lowest BCUT2D eigenvalue weighted by atomic mass is 10.3. The van der Waals surface area contributed by atoms with E-state index in [0.717, 1.165) is 17.8 Å². The monoisotopic (exact) mass is 221 g/mol. The van der Waals surface area contributed by atoms with Gasteiger partial charge in [0, 0.05) is 17.1 Å². The average molecular weight is 221 g/mol. The number of nitrogens with zero attached hydrogens (tertiary/aromatic N) is 3. The number of rotatable bonds is 3. The van der Waals surface area contributed by atoms with E-state index in [0.29, 0.717) is 11.6 Å². The Morgan fingerprint density at radius 2 is 2.33 bits per heavy atom. The van der Waals surface area contributed by atoms with Crippen molar-refractivity contribution in [2.24, 2.45) is 5.84 Å². The molecule has 0 fully saturated rings. The molecule has 2 aromatic rings. The van der Waals surface area contributed by atoms with Crippen molar-refractivity contribution in [1.82, 2.24) is 15.0 Å². The number of hydrogen-bond acceptors (Lipinski definition) is 6. The Kier molecular flexibility index (Phi) is 2.89. The van der Waals surface area contributed by atoms with Gasteiger partial charge in [-0.3, -0.25) is 0 Å². The quantitative estimate of drug-likeness (QED) is 0.606. The van der Waals surface area contributed by atoms with Crippen molar-refractivity contribution in [3.05, 3.63) is 22.7 Å². The second-order valence-electron chi connectivity index (χ2n) is 2.94. The van der Waals surface area contributed by atoms with Crippen LogP contribution in [0.4, 0.5) is 5.82 Å². The van der Waals surface area contributed by atoms with Gasteiger partial charge in [-0.25, -0.2) is 20.8 Å². The van der Waals surface area contributed by atoms with Crippen LogP contribution < -0.4 is 11.3 Å². The van der Waals surface area contributed by atoms with Crippen LogP contribution in [-0.4, -0.2) is 15.0 Å². The van der Waals surface area contributed by atoms with Crippen LogP contribution in [0.1, 0.15) is 12.6 Å². The van der Waals surface area contributed by atoms with Crippen molar-refractivity contribution in [3.63, 3.8) is 0 Å². The fourth-order valence-electron chi connectivity index (χ4n) is 1.19. The molecular weight excluding hydrogens is 210 g/mol. The third-order valence-corrected chi connectivity index (χ3v) is 2.54. The molecule has 78 valence electrons. The lowest BCUT2D eigenvalue weighted by Gasteiger charge is -2.04. The van der Waals surface area contributed by atoms with E-state index in [1.54, 1.807) is 5.51 Å². The minimum atomic E-state index is 0.614. The molecule has 6 heteroatoms. The van der Waals surface area contributed by atoms with E-state index in [1.165, 1.54) is 11.3 Å². The molecule has 2 aromatic heterocycles. The van der Waals surface area contributed by atoms with E-state index in [4.69, 9.17) is 5.84 Å². The number of nitrogens with one attached hydrogen (secondary N) is 1. The highest BCUT2D eigenvalue weighted by molar-refractivity contribution is 7.07. The van der Waals surface area contributed by atoms with E-state index < -0.39 is 0 Å². The normalized spacial score (nSPS) is 10.3. The Morgan fingerprint density at radius 1 is 1.47 bits per heavy atom. The number of nitrogen functional groups attached to an aromatic ring is 1. The maximum Gasteiger partial charge on any atom is 0.181 e. The predicted molar refractivity (Wildman–Crippen MR) is 60.3 cm³/mol. The first-order chi connectivity index (χ1) is 7.33. The van der Waals surface area contributed by atoms with Crippen LogP contribution in [0.25, 0.3) is 11.5 Å². The second kappa shape index (κ2) is 4.33. The van der Waals surface area contributed by atoms with E-state index >= 15 is 0 Å². The van der Waals surface area contributed by atoms with Gasteiger partial charge in [0.1, 0.15) is 11.5 Å². The first-order valence-electron chi connectivity index (χ1n) is 4.56. The number of aryl methyl sites for hydroxylation is 1. The van der Waals surface area contributed by atoms with Gasteiger partial charge in [0.2, 0.25) is 0 Å². The summed E-state index contributed by atoms with van der Waals surface area (Å²) >= 11 is 1.52. The summed E-state index contributed by atoms with van der Waals surface area (Å²) in [5.41, 5.74) is 6.01. The SMILES string of the molecule is CCc1cc(NN)nc(-c2cscn2)n1. The van der Waals surface area contributed by atoms with E-state index in [9.17, 15) is 0 Å². The van der Waals surface area contributed by atoms with Crippen molar-refractivity contribution in [3.8, 4) is 11.5 Å². The van der Waals surface area contributed by atoms with Gasteiger partial charge in [0.15, 0.2) is 5.82 Å². The van der Waals surface area contributed by atoms with Crippen LogP contribution in [-0.2, 0) is 6.42 Å². The average Bonchev–Trinajstić information content (AvgIpc) is 2.81. The van der Waals surface area contributed by atoms with Crippen molar-refractivity contribution >= 4 is 17.2 Å². The zero-order valence-electron chi connectivity index (χ0n) is 8.27. The fraction of sp³-hybridized carbons (Fsp3) is 0.222. The Bertz CT molecular complexity index is 418. The maximum absolute atomic E-state index is 5.34. The summed E-state index contributed by atoms with van der Waals surface area (Å²) in [7, 11) is 0. The second-order valence-corrected chi connectivity index (χ2v) is 3.66. The molecule has 5 nitrogen and oxygen atoms in total. The van der Waals surface area contributed by atoms with Crippen LogP contribution in [0, 0.1) is 0 Å². The maximum atomic E-state index is 5.34. The van der Waals surface area contributed by atoms with Crippen molar-refractivity contribution in [1.29, 1.82) is 0 Å². The first kappa shape index (κ1) is 10.0. The number of nitrogens with two attached hydrogens (primary N) is 1. The van der Waals surface area contributed by atoms with Gasteiger partial charge in [-0.1, -0.05) is 6.92 Å². The van der Waals surface area contributed by atoms with Gasteiger partial charge in [-0.05, 0) is 6.42 Å². The minimum Gasteiger partial charge on any atom is -0.308 e. The minimum absolute atomic E-state index is 0.614. The van der Waals surface area contributed by atoms with Crippen molar-refractivity contribution in [2.45, 2.75) is 13.3 Å². The highest BCUT2D eigenvalue weighted by Gasteiger charge is 2.06. The van der Waals surface area contributed by atoms with Gasteiger partial charge in [-0.2, -0.15) is 0 Å². The fourth-order valence-corrected chi connectivity index (χ4v) is 1.72. The van der Waals surface area contributed by atoms with E-state index in [-0.39, 0.29) is 0 Å². The molecule has 0 unspecified atom stereocenters.